The van der Waals surface area contributed by atoms with E-state index in [-0.39, 0.29) is 12.3 Å². The molecule has 0 bridgehead atoms. The van der Waals surface area contributed by atoms with Crippen LogP contribution in [0.5, 0.6) is 0 Å². The zero-order chi connectivity index (χ0) is 9.78. The van der Waals surface area contributed by atoms with E-state index in [0.29, 0.717) is 12.8 Å². The quantitative estimate of drug-likeness (QED) is 0.616. The molecule has 2 atom stereocenters. The van der Waals surface area contributed by atoms with E-state index in [1.54, 1.807) is 20.8 Å². The topological polar surface area (TPSA) is 0 Å². The second kappa shape index (κ2) is 4.73. The van der Waals surface area contributed by atoms with Crippen LogP contribution in [0.1, 0.15) is 40.0 Å². The molecule has 0 aromatic heterocycles. The first kappa shape index (κ1) is 11.8. The Kier molecular flexibility index (Phi) is 4.64. The first-order valence-corrected chi connectivity index (χ1v) is 4.50. The van der Waals surface area contributed by atoms with Crippen molar-refractivity contribution >= 4 is 0 Å². The summed E-state index contributed by atoms with van der Waals surface area (Å²) < 4.78 is 37.0. The van der Waals surface area contributed by atoms with E-state index in [9.17, 15) is 13.2 Å². The minimum absolute atomic E-state index is 0.245. The van der Waals surface area contributed by atoms with E-state index in [1.165, 1.54) is 0 Å². The Bertz CT molecular complexity index is 117. The fourth-order valence-corrected chi connectivity index (χ4v) is 1.37. The van der Waals surface area contributed by atoms with Crippen LogP contribution in [0.25, 0.3) is 0 Å². The number of alkyl halides is 3. The third-order valence-electron chi connectivity index (χ3n) is 2.35. The summed E-state index contributed by atoms with van der Waals surface area (Å²) in [5.41, 5.74) is 0. The summed E-state index contributed by atoms with van der Waals surface area (Å²) >= 11 is 0. The molecule has 0 radical (unpaired) electrons. The van der Waals surface area contributed by atoms with Gasteiger partial charge in [0.15, 0.2) is 0 Å². The standard InChI is InChI=1S/C9H17F3/c1-4-6-8(7(3)5-2)9(10,11)12/h7-8H,4-6H2,1-3H3. The van der Waals surface area contributed by atoms with Gasteiger partial charge in [0.25, 0.3) is 0 Å². The molecule has 74 valence electrons. The smallest absolute Gasteiger partial charge is 0.171 e. The van der Waals surface area contributed by atoms with Crippen molar-refractivity contribution in [2.24, 2.45) is 11.8 Å². The predicted octanol–water partition coefficient (Wildman–Crippen LogP) is 4.01. The summed E-state index contributed by atoms with van der Waals surface area (Å²) in [6.07, 6.45) is -2.54. The Morgan fingerprint density at radius 2 is 1.67 bits per heavy atom. The van der Waals surface area contributed by atoms with E-state index in [1.807, 2.05) is 0 Å². The van der Waals surface area contributed by atoms with E-state index in [4.69, 9.17) is 0 Å². The van der Waals surface area contributed by atoms with Gasteiger partial charge in [-0.25, -0.2) is 0 Å². The highest BCUT2D eigenvalue weighted by molar-refractivity contribution is 4.72. The van der Waals surface area contributed by atoms with Gasteiger partial charge in [0.05, 0.1) is 5.92 Å². The van der Waals surface area contributed by atoms with Gasteiger partial charge in [0, 0.05) is 0 Å². The number of hydrogen-bond acceptors (Lipinski definition) is 0. The van der Waals surface area contributed by atoms with Crippen molar-refractivity contribution in [2.75, 3.05) is 0 Å². The van der Waals surface area contributed by atoms with E-state index in [2.05, 4.69) is 0 Å². The summed E-state index contributed by atoms with van der Waals surface area (Å²) in [4.78, 5) is 0. The maximum Gasteiger partial charge on any atom is 0.392 e. The van der Waals surface area contributed by atoms with E-state index in [0.717, 1.165) is 0 Å². The zero-order valence-corrected chi connectivity index (χ0v) is 7.91. The molecule has 3 heteroatoms. The van der Waals surface area contributed by atoms with Crippen LogP contribution in [-0.2, 0) is 0 Å². The summed E-state index contributed by atoms with van der Waals surface area (Å²) in [7, 11) is 0. The highest BCUT2D eigenvalue weighted by Gasteiger charge is 2.41. The van der Waals surface area contributed by atoms with Gasteiger partial charge in [-0.15, -0.1) is 0 Å². The number of hydrogen-bond donors (Lipinski definition) is 0. The van der Waals surface area contributed by atoms with Crippen LogP contribution in [0, 0.1) is 11.8 Å². The molecule has 0 N–H and O–H groups in total. The van der Waals surface area contributed by atoms with Gasteiger partial charge in [-0.2, -0.15) is 13.2 Å². The van der Waals surface area contributed by atoms with Gasteiger partial charge in [-0.05, 0) is 12.3 Å². The fraction of sp³-hybridized carbons (Fsp3) is 1.00. The van der Waals surface area contributed by atoms with Crippen molar-refractivity contribution < 1.29 is 13.2 Å². The molecule has 0 saturated heterocycles. The lowest BCUT2D eigenvalue weighted by Gasteiger charge is -2.24. The van der Waals surface area contributed by atoms with Gasteiger partial charge in [-0.1, -0.05) is 33.6 Å². The van der Waals surface area contributed by atoms with Crippen molar-refractivity contribution in [2.45, 2.75) is 46.2 Å². The van der Waals surface area contributed by atoms with E-state index < -0.39 is 12.1 Å². The van der Waals surface area contributed by atoms with Crippen LogP contribution in [0.4, 0.5) is 13.2 Å². The maximum absolute atomic E-state index is 12.3. The Hall–Kier alpha value is -0.210. The van der Waals surface area contributed by atoms with Gasteiger partial charge in [0.1, 0.15) is 0 Å². The average molecular weight is 182 g/mol. The highest BCUT2D eigenvalue weighted by atomic mass is 19.4. The van der Waals surface area contributed by atoms with Crippen molar-refractivity contribution in [3.05, 3.63) is 0 Å². The van der Waals surface area contributed by atoms with Crippen molar-refractivity contribution in [3.8, 4) is 0 Å². The first-order valence-electron chi connectivity index (χ1n) is 4.50. The molecule has 2 unspecified atom stereocenters. The molecule has 0 aliphatic heterocycles. The van der Waals surface area contributed by atoms with Crippen LogP contribution in [0.3, 0.4) is 0 Å². The van der Waals surface area contributed by atoms with Gasteiger partial charge >= 0.3 is 6.18 Å². The molecule has 0 aliphatic rings. The third-order valence-corrected chi connectivity index (χ3v) is 2.35. The molecule has 0 aliphatic carbocycles. The number of halogens is 3. The highest BCUT2D eigenvalue weighted by Crippen LogP contribution is 2.36. The second-order valence-corrected chi connectivity index (χ2v) is 3.32. The molecule has 0 fully saturated rings. The van der Waals surface area contributed by atoms with Crippen LogP contribution in [-0.4, -0.2) is 6.18 Å². The lowest BCUT2D eigenvalue weighted by molar-refractivity contribution is -0.189. The van der Waals surface area contributed by atoms with Crippen LogP contribution < -0.4 is 0 Å². The second-order valence-electron chi connectivity index (χ2n) is 3.32. The van der Waals surface area contributed by atoms with Crippen molar-refractivity contribution in [1.29, 1.82) is 0 Å². The minimum Gasteiger partial charge on any atom is -0.171 e. The Morgan fingerprint density at radius 1 is 1.17 bits per heavy atom. The molecule has 0 aromatic rings. The summed E-state index contributed by atoms with van der Waals surface area (Å²) in [5, 5.41) is 0. The molecule has 0 amide bonds. The first-order chi connectivity index (χ1) is 5.43. The maximum atomic E-state index is 12.3. The normalized spacial score (nSPS) is 17.5. The average Bonchev–Trinajstić information content (AvgIpc) is 1.96. The Balaban J connectivity index is 4.22. The molecule has 0 saturated carbocycles. The van der Waals surface area contributed by atoms with Crippen molar-refractivity contribution in [3.63, 3.8) is 0 Å². The lowest BCUT2D eigenvalue weighted by atomic mass is 9.87. The van der Waals surface area contributed by atoms with E-state index >= 15 is 0 Å². The van der Waals surface area contributed by atoms with Crippen molar-refractivity contribution in [1.82, 2.24) is 0 Å². The molecule has 0 rings (SSSR count). The van der Waals surface area contributed by atoms with Gasteiger partial charge in [0.2, 0.25) is 0 Å². The molecular weight excluding hydrogens is 165 g/mol. The molecule has 12 heavy (non-hydrogen) atoms. The summed E-state index contributed by atoms with van der Waals surface area (Å²) in [6, 6.07) is 0. The van der Waals surface area contributed by atoms with Crippen LogP contribution >= 0.6 is 0 Å². The Labute approximate surface area is 72.2 Å². The fourth-order valence-electron chi connectivity index (χ4n) is 1.37. The Morgan fingerprint density at radius 3 is 1.92 bits per heavy atom. The minimum atomic E-state index is -4.01. The molecule has 0 heterocycles. The molecule has 0 aromatic carbocycles. The largest absolute Gasteiger partial charge is 0.392 e. The molecule has 0 nitrogen and oxygen atoms in total. The molecular formula is C9H17F3. The van der Waals surface area contributed by atoms with Gasteiger partial charge in [-0.3, -0.25) is 0 Å². The summed E-state index contributed by atoms with van der Waals surface area (Å²) in [5.74, 6) is -1.35. The van der Waals surface area contributed by atoms with Gasteiger partial charge < -0.3 is 0 Å². The third kappa shape index (κ3) is 3.46. The summed E-state index contributed by atoms with van der Waals surface area (Å²) in [6.45, 7) is 5.27. The molecule has 0 spiro atoms. The zero-order valence-electron chi connectivity index (χ0n) is 7.91. The number of rotatable bonds is 4. The lowest BCUT2D eigenvalue weighted by Crippen LogP contribution is -2.28. The van der Waals surface area contributed by atoms with Crippen LogP contribution in [0.2, 0.25) is 0 Å². The SMILES string of the molecule is CCCC(C(C)CC)C(F)(F)F. The monoisotopic (exact) mass is 182 g/mol. The predicted molar refractivity (Wildman–Crippen MR) is 43.9 cm³/mol. The van der Waals surface area contributed by atoms with Crippen LogP contribution in [0.15, 0.2) is 0 Å².